The van der Waals surface area contributed by atoms with Gasteiger partial charge in [-0.05, 0) is 24.3 Å². The molecular formula is C17H17N3O3S. The van der Waals surface area contributed by atoms with Crippen molar-refractivity contribution < 1.29 is 13.2 Å². The molecule has 3 aromatic rings. The molecule has 0 aliphatic carbocycles. The van der Waals surface area contributed by atoms with E-state index in [1.807, 2.05) is 24.3 Å². The summed E-state index contributed by atoms with van der Waals surface area (Å²) in [6, 6.07) is 12.5. The van der Waals surface area contributed by atoms with Crippen LogP contribution in [0.4, 0.5) is 5.82 Å². The Balaban J connectivity index is 1.97. The average molecular weight is 343 g/mol. The van der Waals surface area contributed by atoms with E-state index in [1.165, 1.54) is 12.6 Å². The fourth-order valence-electron chi connectivity index (χ4n) is 2.44. The Hall–Kier alpha value is -2.67. The third-order valence-electron chi connectivity index (χ3n) is 3.67. The van der Waals surface area contributed by atoms with Gasteiger partial charge in [0, 0.05) is 23.8 Å². The van der Waals surface area contributed by atoms with E-state index in [-0.39, 0.29) is 4.90 Å². The van der Waals surface area contributed by atoms with Crippen molar-refractivity contribution in [2.24, 2.45) is 0 Å². The van der Waals surface area contributed by atoms with Gasteiger partial charge in [0.1, 0.15) is 17.9 Å². The summed E-state index contributed by atoms with van der Waals surface area (Å²) in [5.41, 5.74) is 1.66. The normalized spacial score (nSPS) is 11.4. The van der Waals surface area contributed by atoms with Crippen LogP contribution < -0.4 is 10.1 Å². The molecule has 1 aromatic heterocycles. The number of hydrogen-bond acceptors (Lipinski definition) is 6. The van der Waals surface area contributed by atoms with Gasteiger partial charge in [0.15, 0.2) is 9.84 Å². The summed E-state index contributed by atoms with van der Waals surface area (Å²) in [5, 5.41) is 3.89. The predicted octanol–water partition coefficient (Wildman–Crippen LogP) is 2.65. The number of ether oxygens (including phenoxy) is 1. The maximum Gasteiger partial charge on any atom is 0.175 e. The first-order valence-corrected chi connectivity index (χ1v) is 9.19. The second-order valence-electron chi connectivity index (χ2n) is 5.34. The van der Waals surface area contributed by atoms with Gasteiger partial charge in [0.05, 0.1) is 17.5 Å². The van der Waals surface area contributed by atoms with Gasteiger partial charge in [0.2, 0.25) is 0 Å². The number of sulfone groups is 1. The zero-order valence-electron chi connectivity index (χ0n) is 13.4. The average Bonchev–Trinajstić information content (AvgIpc) is 2.58. The fourth-order valence-corrected chi connectivity index (χ4v) is 3.08. The minimum Gasteiger partial charge on any atom is -0.496 e. The Morgan fingerprint density at radius 3 is 2.67 bits per heavy atom. The molecule has 0 atom stereocenters. The van der Waals surface area contributed by atoms with Crippen molar-refractivity contribution in [1.82, 2.24) is 9.97 Å². The second-order valence-corrected chi connectivity index (χ2v) is 7.35. The van der Waals surface area contributed by atoms with Gasteiger partial charge in [-0.2, -0.15) is 0 Å². The molecule has 6 nitrogen and oxygen atoms in total. The minimum absolute atomic E-state index is 0.241. The zero-order chi connectivity index (χ0) is 17.2. The van der Waals surface area contributed by atoms with Crippen LogP contribution in [0.2, 0.25) is 0 Å². The largest absolute Gasteiger partial charge is 0.496 e. The molecule has 7 heteroatoms. The lowest BCUT2D eigenvalue weighted by Crippen LogP contribution is -2.05. The Morgan fingerprint density at radius 2 is 1.92 bits per heavy atom. The third kappa shape index (κ3) is 3.30. The highest BCUT2D eigenvalue weighted by Gasteiger charge is 2.11. The predicted molar refractivity (Wildman–Crippen MR) is 93.0 cm³/mol. The monoisotopic (exact) mass is 343 g/mol. The number of nitrogens with one attached hydrogen (secondary N) is 1. The van der Waals surface area contributed by atoms with Crippen LogP contribution in [0.1, 0.15) is 5.56 Å². The number of fused-ring (bicyclic) bond motifs is 1. The van der Waals surface area contributed by atoms with Crippen molar-refractivity contribution in [2.75, 3.05) is 18.7 Å². The summed E-state index contributed by atoms with van der Waals surface area (Å²) in [6.45, 7) is 0.499. The van der Waals surface area contributed by atoms with E-state index in [0.29, 0.717) is 23.3 Å². The molecule has 1 N–H and O–H groups in total. The molecule has 3 rings (SSSR count). The molecular weight excluding hydrogens is 326 g/mol. The summed E-state index contributed by atoms with van der Waals surface area (Å²) in [7, 11) is -1.67. The van der Waals surface area contributed by atoms with E-state index in [9.17, 15) is 8.42 Å². The maximum absolute atomic E-state index is 11.8. The first-order valence-electron chi connectivity index (χ1n) is 7.29. The van der Waals surface area contributed by atoms with E-state index < -0.39 is 9.84 Å². The molecule has 0 fully saturated rings. The molecule has 0 unspecified atom stereocenters. The van der Waals surface area contributed by atoms with Gasteiger partial charge < -0.3 is 10.1 Å². The van der Waals surface area contributed by atoms with Crippen LogP contribution in [0, 0.1) is 0 Å². The van der Waals surface area contributed by atoms with Gasteiger partial charge in [-0.3, -0.25) is 0 Å². The number of hydrogen-bond donors (Lipinski definition) is 1. The Labute approximate surface area is 140 Å². The van der Waals surface area contributed by atoms with E-state index in [0.717, 1.165) is 11.3 Å². The van der Waals surface area contributed by atoms with Crippen molar-refractivity contribution in [1.29, 1.82) is 0 Å². The minimum atomic E-state index is -3.29. The molecule has 0 spiro atoms. The van der Waals surface area contributed by atoms with E-state index in [1.54, 1.807) is 25.3 Å². The molecule has 24 heavy (non-hydrogen) atoms. The van der Waals surface area contributed by atoms with Crippen molar-refractivity contribution >= 4 is 26.6 Å². The molecule has 0 radical (unpaired) electrons. The number of methoxy groups -OCH3 is 1. The van der Waals surface area contributed by atoms with Gasteiger partial charge >= 0.3 is 0 Å². The molecule has 0 aliphatic heterocycles. The van der Waals surface area contributed by atoms with Gasteiger partial charge in [0.25, 0.3) is 0 Å². The number of benzene rings is 2. The lowest BCUT2D eigenvalue weighted by molar-refractivity contribution is 0.410. The summed E-state index contributed by atoms with van der Waals surface area (Å²) in [6.07, 6.45) is 2.63. The summed E-state index contributed by atoms with van der Waals surface area (Å²) >= 11 is 0. The molecule has 0 saturated carbocycles. The molecule has 0 amide bonds. The van der Waals surface area contributed by atoms with Crippen LogP contribution in [0.5, 0.6) is 5.75 Å². The van der Waals surface area contributed by atoms with E-state index in [2.05, 4.69) is 15.3 Å². The summed E-state index contributed by atoms with van der Waals surface area (Å²) < 4.78 is 28.9. The van der Waals surface area contributed by atoms with Crippen molar-refractivity contribution in [3.63, 3.8) is 0 Å². The van der Waals surface area contributed by atoms with E-state index in [4.69, 9.17) is 4.74 Å². The quantitative estimate of drug-likeness (QED) is 0.767. The molecule has 2 aromatic carbocycles. The molecule has 0 aliphatic rings. The number of para-hydroxylation sites is 1. The number of nitrogens with zero attached hydrogens (tertiary/aromatic N) is 2. The number of anilines is 1. The third-order valence-corrected chi connectivity index (χ3v) is 4.78. The highest BCUT2D eigenvalue weighted by atomic mass is 32.2. The number of rotatable bonds is 5. The van der Waals surface area contributed by atoms with Crippen LogP contribution in [-0.2, 0) is 16.4 Å². The molecule has 0 bridgehead atoms. The first kappa shape index (κ1) is 16.2. The lowest BCUT2D eigenvalue weighted by Gasteiger charge is -2.11. The lowest BCUT2D eigenvalue weighted by atomic mass is 10.2. The van der Waals surface area contributed by atoms with Crippen LogP contribution in [0.15, 0.2) is 53.7 Å². The van der Waals surface area contributed by atoms with Crippen molar-refractivity contribution in [3.8, 4) is 5.75 Å². The molecule has 1 heterocycles. The second kappa shape index (κ2) is 6.45. The Kier molecular flexibility index (Phi) is 4.35. The van der Waals surface area contributed by atoms with Crippen LogP contribution >= 0.6 is 0 Å². The Bertz CT molecular complexity index is 987. The topological polar surface area (TPSA) is 81.2 Å². The van der Waals surface area contributed by atoms with Crippen LogP contribution in [0.25, 0.3) is 10.9 Å². The zero-order valence-corrected chi connectivity index (χ0v) is 14.2. The fraction of sp³-hybridized carbons (Fsp3) is 0.176. The molecule has 124 valence electrons. The Morgan fingerprint density at radius 1 is 1.12 bits per heavy atom. The number of aromatic nitrogens is 2. The maximum atomic E-state index is 11.8. The smallest absolute Gasteiger partial charge is 0.175 e. The van der Waals surface area contributed by atoms with Crippen LogP contribution in [-0.4, -0.2) is 31.8 Å². The molecule has 0 saturated heterocycles. The van der Waals surface area contributed by atoms with Gasteiger partial charge in [-0.25, -0.2) is 18.4 Å². The van der Waals surface area contributed by atoms with E-state index >= 15 is 0 Å². The van der Waals surface area contributed by atoms with Gasteiger partial charge in [-0.15, -0.1) is 0 Å². The SMILES string of the molecule is COc1ccccc1CNc1ncnc2ccc(S(C)(=O)=O)cc12. The summed E-state index contributed by atoms with van der Waals surface area (Å²) in [4.78, 5) is 8.67. The van der Waals surface area contributed by atoms with Crippen LogP contribution in [0.3, 0.4) is 0 Å². The highest BCUT2D eigenvalue weighted by Crippen LogP contribution is 2.24. The first-order chi connectivity index (χ1) is 11.5. The van der Waals surface area contributed by atoms with Crippen molar-refractivity contribution in [3.05, 3.63) is 54.4 Å². The standard InChI is InChI=1S/C17H17N3O3S/c1-23-16-6-4-3-5-12(16)10-18-17-14-9-13(24(2,21)22)7-8-15(14)19-11-20-17/h3-9,11H,10H2,1-2H3,(H,18,19,20). The highest BCUT2D eigenvalue weighted by molar-refractivity contribution is 7.90. The van der Waals surface area contributed by atoms with Gasteiger partial charge in [-0.1, -0.05) is 18.2 Å². The summed E-state index contributed by atoms with van der Waals surface area (Å²) in [5.74, 6) is 1.36. The van der Waals surface area contributed by atoms with Crippen molar-refractivity contribution in [2.45, 2.75) is 11.4 Å².